The van der Waals surface area contributed by atoms with Crippen LogP contribution in [0.2, 0.25) is 0 Å². The third-order valence-corrected chi connectivity index (χ3v) is 2.34. The van der Waals surface area contributed by atoms with Crippen LogP contribution in [0.5, 0.6) is 0 Å². The van der Waals surface area contributed by atoms with Gasteiger partial charge in [-0.3, -0.25) is 4.79 Å². The van der Waals surface area contributed by atoms with E-state index < -0.39 is 10.8 Å². The Balaban J connectivity index is 2.56. The van der Waals surface area contributed by atoms with Crippen molar-refractivity contribution in [3.63, 3.8) is 0 Å². The molecule has 3 nitrogen and oxygen atoms in total. The summed E-state index contributed by atoms with van der Waals surface area (Å²) < 4.78 is 0. The Morgan fingerprint density at radius 1 is 1.50 bits per heavy atom. The topological polar surface area (TPSA) is 57.2 Å². The van der Waals surface area contributed by atoms with Gasteiger partial charge in [0.1, 0.15) is 4.87 Å². The summed E-state index contributed by atoms with van der Waals surface area (Å²) in [5, 5.41) is 4.06. The first-order chi connectivity index (χ1) is 4.65. The van der Waals surface area contributed by atoms with Gasteiger partial charge in [-0.2, -0.15) is 0 Å². The number of halogens is 1. The molecule has 4 heteroatoms. The van der Waals surface area contributed by atoms with Crippen molar-refractivity contribution in [3.05, 3.63) is 0 Å². The zero-order chi connectivity index (χ0) is 7.61. The number of piperidine rings is 1. The van der Waals surface area contributed by atoms with E-state index in [0.717, 1.165) is 0 Å². The summed E-state index contributed by atoms with van der Waals surface area (Å²) in [4.78, 5) is 9.92. The Bertz CT molecular complexity index is 143. The number of hydrogen-bond acceptors (Lipinski definition) is 1. The Kier molecular flexibility index (Phi) is 2.16. The molecule has 1 radical (unpaired) electrons. The van der Waals surface area contributed by atoms with Gasteiger partial charge in [0.25, 0.3) is 0 Å². The van der Waals surface area contributed by atoms with Gasteiger partial charge in [0.2, 0.25) is 5.91 Å². The molecule has 1 saturated heterocycles. The smallest absolute Gasteiger partial charge is 0.238 e. The molecule has 57 valence electrons. The Hall–Kier alpha value is -0.280. The highest BCUT2D eigenvalue weighted by atomic mass is 35.5. The number of hydrogen-bond donors (Lipinski definition) is 1. The van der Waals surface area contributed by atoms with Gasteiger partial charge in [-0.1, -0.05) is 0 Å². The molecule has 0 aliphatic carbocycles. The molecule has 1 heterocycles. The Morgan fingerprint density at radius 2 is 2.00 bits per heavy atom. The molecule has 0 saturated carbocycles. The Labute approximate surface area is 64.9 Å². The van der Waals surface area contributed by atoms with Crippen molar-refractivity contribution in [1.82, 2.24) is 5.32 Å². The highest BCUT2D eigenvalue weighted by molar-refractivity contribution is 6.34. The van der Waals surface area contributed by atoms with Gasteiger partial charge >= 0.3 is 0 Å². The second-order valence-corrected chi connectivity index (χ2v) is 3.22. The molecule has 0 atom stereocenters. The molecule has 1 amide bonds. The van der Waals surface area contributed by atoms with Crippen LogP contribution in [-0.4, -0.2) is 23.9 Å². The minimum absolute atomic E-state index is 0.413. The lowest BCUT2D eigenvalue weighted by Crippen LogP contribution is -2.45. The van der Waals surface area contributed by atoms with E-state index in [1.807, 2.05) is 0 Å². The maximum Gasteiger partial charge on any atom is 0.238 e. The number of carbonyl (C=O) groups is 1. The maximum atomic E-state index is 10.7. The van der Waals surface area contributed by atoms with Crippen LogP contribution in [0.3, 0.4) is 0 Å². The molecule has 0 bridgehead atoms. The normalized spacial score (nSPS) is 24.1. The lowest BCUT2D eigenvalue weighted by molar-refractivity contribution is -0.121. The van der Waals surface area contributed by atoms with Crippen molar-refractivity contribution in [3.8, 4) is 0 Å². The molecule has 1 fully saturated rings. The maximum absolute atomic E-state index is 10.7. The van der Waals surface area contributed by atoms with Crippen molar-refractivity contribution in [1.29, 1.82) is 0 Å². The van der Waals surface area contributed by atoms with Crippen LogP contribution >= 0.6 is 11.6 Å². The second kappa shape index (κ2) is 2.76. The molecule has 10 heavy (non-hydrogen) atoms. The van der Waals surface area contributed by atoms with Crippen molar-refractivity contribution in [2.24, 2.45) is 5.73 Å². The van der Waals surface area contributed by atoms with Crippen molar-refractivity contribution < 1.29 is 4.79 Å². The largest absolute Gasteiger partial charge is 0.368 e. The predicted octanol–water partition coefficient (Wildman–Crippen LogP) is -0.153. The molecule has 1 aliphatic rings. The molecule has 0 aromatic heterocycles. The second-order valence-electron chi connectivity index (χ2n) is 2.50. The quantitative estimate of drug-likeness (QED) is 0.535. The summed E-state index contributed by atoms with van der Waals surface area (Å²) in [5.74, 6) is -0.413. The fourth-order valence-corrected chi connectivity index (χ4v) is 1.16. The van der Waals surface area contributed by atoms with Crippen LogP contribution in [-0.2, 0) is 4.79 Å². The van der Waals surface area contributed by atoms with Gasteiger partial charge in [-0.25, -0.2) is 5.32 Å². The number of carbonyl (C=O) groups excluding carboxylic acids is 1. The summed E-state index contributed by atoms with van der Waals surface area (Å²) in [5.41, 5.74) is 5.09. The first-order valence-electron chi connectivity index (χ1n) is 3.27. The van der Waals surface area contributed by atoms with Gasteiger partial charge < -0.3 is 5.73 Å². The van der Waals surface area contributed by atoms with Crippen LogP contribution in [0, 0.1) is 0 Å². The van der Waals surface area contributed by atoms with Crippen LogP contribution in [0.4, 0.5) is 0 Å². The minimum Gasteiger partial charge on any atom is -0.368 e. The zero-order valence-electron chi connectivity index (χ0n) is 5.64. The third-order valence-electron chi connectivity index (χ3n) is 1.77. The van der Waals surface area contributed by atoms with E-state index in [9.17, 15) is 4.79 Å². The van der Waals surface area contributed by atoms with E-state index in [1.54, 1.807) is 0 Å². The first-order valence-corrected chi connectivity index (χ1v) is 3.65. The van der Waals surface area contributed by atoms with E-state index in [4.69, 9.17) is 17.3 Å². The molecular formula is C6H10ClN2O. The van der Waals surface area contributed by atoms with Crippen LogP contribution in [0.1, 0.15) is 12.8 Å². The standard InChI is InChI=1S/C6H10ClN2O/c7-6(5(8)10)1-3-9-4-2-6/h1-4H2,(H2,8,10). The average molecular weight is 162 g/mol. The predicted molar refractivity (Wildman–Crippen MR) is 38.9 cm³/mol. The summed E-state index contributed by atoms with van der Waals surface area (Å²) in [6.07, 6.45) is 1.17. The summed E-state index contributed by atoms with van der Waals surface area (Å²) in [6.45, 7) is 1.32. The summed E-state index contributed by atoms with van der Waals surface area (Å²) >= 11 is 5.88. The SMILES string of the molecule is NC(=O)C1(Cl)CC[N]CC1. The number of alkyl halides is 1. The number of amides is 1. The van der Waals surface area contributed by atoms with Crippen LogP contribution < -0.4 is 11.1 Å². The van der Waals surface area contributed by atoms with Gasteiger partial charge in [0.05, 0.1) is 0 Å². The molecule has 1 rings (SSSR count). The van der Waals surface area contributed by atoms with E-state index in [2.05, 4.69) is 5.32 Å². The van der Waals surface area contributed by atoms with E-state index in [1.165, 1.54) is 0 Å². The highest BCUT2D eigenvalue weighted by Gasteiger charge is 2.35. The molecule has 0 aromatic carbocycles. The lowest BCUT2D eigenvalue weighted by Gasteiger charge is -2.26. The fourth-order valence-electron chi connectivity index (χ4n) is 0.996. The van der Waals surface area contributed by atoms with Gasteiger partial charge in [-0.05, 0) is 12.8 Å². The van der Waals surface area contributed by atoms with Crippen LogP contribution in [0.15, 0.2) is 0 Å². The van der Waals surface area contributed by atoms with Crippen molar-refractivity contribution in [2.75, 3.05) is 13.1 Å². The average Bonchev–Trinajstić information content (AvgIpc) is 1.89. The molecular weight excluding hydrogens is 152 g/mol. The van der Waals surface area contributed by atoms with Crippen molar-refractivity contribution >= 4 is 17.5 Å². The van der Waals surface area contributed by atoms with Gasteiger partial charge in [-0.15, -0.1) is 11.6 Å². The van der Waals surface area contributed by atoms with Crippen LogP contribution in [0.25, 0.3) is 0 Å². The molecule has 1 aliphatic heterocycles. The number of primary amides is 1. The molecule has 0 aromatic rings. The first kappa shape index (κ1) is 7.82. The highest BCUT2D eigenvalue weighted by Crippen LogP contribution is 2.25. The zero-order valence-corrected chi connectivity index (χ0v) is 6.40. The molecule has 0 unspecified atom stereocenters. The third kappa shape index (κ3) is 1.41. The molecule has 2 N–H and O–H groups in total. The summed E-state index contributed by atoms with van der Waals surface area (Å²) in [6, 6.07) is 0. The van der Waals surface area contributed by atoms with Crippen molar-refractivity contribution in [2.45, 2.75) is 17.7 Å². The summed E-state index contributed by atoms with van der Waals surface area (Å²) in [7, 11) is 0. The molecule has 0 spiro atoms. The number of nitrogens with zero attached hydrogens (tertiary/aromatic N) is 1. The monoisotopic (exact) mass is 161 g/mol. The number of rotatable bonds is 1. The minimum atomic E-state index is -0.804. The van der Waals surface area contributed by atoms with Gasteiger partial charge in [0, 0.05) is 13.1 Å². The van der Waals surface area contributed by atoms with E-state index in [0.29, 0.717) is 25.9 Å². The van der Waals surface area contributed by atoms with E-state index in [-0.39, 0.29) is 0 Å². The lowest BCUT2D eigenvalue weighted by atomic mass is 9.96. The Morgan fingerprint density at radius 3 is 2.30 bits per heavy atom. The fraction of sp³-hybridized carbons (Fsp3) is 0.833. The van der Waals surface area contributed by atoms with E-state index >= 15 is 0 Å². The number of nitrogens with two attached hydrogens (primary N) is 1. The van der Waals surface area contributed by atoms with Gasteiger partial charge in [0.15, 0.2) is 0 Å².